The van der Waals surface area contributed by atoms with E-state index < -0.39 is 15.4 Å². The van der Waals surface area contributed by atoms with Crippen LogP contribution in [0.1, 0.15) is 25.1 Å². The number of rotatable bonds is 5. The van der Waals surface area contributed by atoms with Crippen molar-refractivity contribution in [3.05, 3.63) is 88.2 Å². The van der Waals surface area contributed by atoms with Crippen LogP contribution in [0.5, 0.6) is 0 Å². The highest BCUT2D eigenvalue weighted by atomic mass is 35.5. The highest BCUT2D eigenvalue weighted by Gasteiger charge is 2.25. The summed E-state index contributed by atoms with van der Waals surface area (Å²) in [6, 6.07) is 18.2. The van der Waals surface area contributed by atoms with Crippen LogP contribution in [0.15, 0.2) is 71.8 Å². The molecule has 0 saturated carbocycles. The monoisotopic (exact) mass is 514 g/mol. The Morgan fingerprint density at radius 2 is 1.56 bits per heavy atom. The topological polar surface area (TPSA) is 72.2 Å². The molecule has 4 aromatic rings. The zero-order chi connectivity index (χ0) is 24.8. The third kappa shape index (κ3) is 4.91. The van der Waals surface area contributed by atoms with Crippen LogP contribution < -0.4 is 0 Å². The van der Waals surface area contributed by atoms with Gasteiger partial charge in [0, 0.05) is 18.1 Å². The molecule has 0 aliphatic rings. The van der Waals surface area contributed by atoms with Gasteiger partial charge in [0.25, 0.3) is 0 Å². The Bertz CT molecular complexity index is 1470. The number of hydrogen-bond donors (Lipinski definition) is 1. The van der Waals surface area contributed by atoms with Crippen molar-refractivity contribution in [1.82, 2.24) is 9.55 Å². The Labute approximate surface area is 209 Å². The molecule has 0 atom stereocenters. The van der Waals surface area contributed by atoms with Gasteiger partial charge in [0.15, 0.2) is 9.84 Å². The molecule has 8 heteroatoms. The van der Waals surface area contributed by atoms with Crippen LogP contribution in [0.3, 0.4) is 0 Å². The maximum Gasteiger partial charge on any atom is 0.175 e. The number of aryl methyl sites for hydroxylation is 1. The number of benzene rings is 3. The van der Waals surface area contributed by atoms with Gasteiger partial charge in [-0.3, -0.25) is 4.57 Å². The first-order valence-corrected chi connectivity index (χ1v) is 13.2. The summed E-state index contributed by atoms with van der Waals surface area (Å²) in [5, 5.41) is 11.5. The Hall–Kier alpha value is -2.64. The predicted molar refractivity (Wildman–Crippen MR) is 138 cm³/mol. The van der Waals surface area contributed by atoms with Gasteiger partial charge in [-0.25, -0.2) is 13.4 Å². The fourth-order valence-electron chi connectivity index (χ4n) is 3.70. The maximum atomic E-state index is 12.1. The second kappa shape index (κ2) is 8.86. The van der Waals surface area contributed by atoms with Gasteiger partial charge in [-0.1, -0.05) is 47.5 Å². The molecule has 34 heavy (non-hydrogen) atoms. The summed E-state index contributed by atoms with van der Waals surface area (Å²) in [6.07, 6.45) is 2.97. The minimum absolute atomic E-state index is 0.284. The van der Waals surface area contributed by atoms with Crippen LogP contribution >= 0.6 is 23.2 Å². The van der Waals surface area contributed by atoms with Crippen molar-refractivity contribution in [2.24, 2.45) is 0 Å². The molecule has 0 radical (unpaired) electrons. The molecule has 0 aliphatic carbocycles. The number of sulfone groups is 1. The number of imidazole rings is 1. The van der Waals surface area contributed by atoms with Crippen LogP contribution in [0, 0.1) is 6.92 Å². The van der Waals surface area contributed by atoms with E-state index in [9.17, 15) is 13.5 Å². The molecular weight excluding hydrogens is 491 g/mol. The lowest BCUT2D eigenvalue weighted by atomic mass is 10.0. The summed E-state index contributed by atoms with van der Waals surface area (Å²) in [7, 11) is -3.32. The van der Waals surface area contributed by atoms with Crippen LogP contribution in [0.2, 0.25) is 10.0 Å². The maximum absolute atomic E-state index is 12.1. The normalized spacial score (nSPS) is 12.2. The Morgan fingerprint density at radius 3 is 2.12 bits per heavy atom. The number of halogens is 2. The van der Waals surface area contributed by atoms with Gasteiger partial charge in [0.05, 0.1) is 26.2 Å². The smallest absolute Gasteiger partial charge is 0.175 e. The molecule has 4 rings (SSSR count). The van der Waals surface area contributed by atoms with Crippen LogP contribution in [-0.4, -0.2) is 29.3 Å². The van der Waals surface area contributed by atoms with Crippen molar-refractivity contribution in [2.75, 3.05) is 6.26 Å². The minimum Gasteiger partial charge on any atom is -0.384 e. The van der Waals surface area contributed by atoms with E-state index in [1.807, 2.05) is 41.8 Å². The first-order valence-electron chi connectivity index (χ1n) is 10.5. The number of nitrogens with zero attached hydrogens (tertiary/aromatic N) is 2. The summed E-state index contributed by atoms with van der Waals surface area (Å²) >= 11 is 12.9. The van der Waals surface area contributed by atoms with Gasteiger partial charge >= 0.3 is 0 Å². The Balaban J connectivity index is 1.84. The molecule has 0 aliphatic heterocycles. The van der Waals surface area contributed by atoms with Crippen molar-refractivity contribution in [2.45, 2.75) is 31.3 Å². The van der Waals surface area contributed by atoms with Crippen molar-refractivity contribution in [1.29, 1.82) is 0 Å². The van der Waals surface area contributed by atoms with E-state index in [4.69, 9.17) is 23.2 Å². The molecular formula is C26H24Cl2N2O3S. The summed E-state index contributed by atoms with van der Waals surface area (Å²) in [5.41, 5.74) is 3.20. The second-order valence-electron chi connectivity index (χ2n) is 8.83. The number of aliphatic hydroxyl groups is 1. The lowest BCUT2D eigenvalue weighted by molar-refractivity contribution is 0.0743. The molecule has 0 bridgehead atoms. The van der Waals surface area contributed by atoms with Crippen molar-refractivity contribution >= 4 is 33.0 Å². The average Bonchev–Trinajstić information content (AvgIpc) is 3.18. The summed E-state index contributed by atoms with van der Waals surface area (Å²) in [4.78, 5) is 4.94. The van der Waals surface area contributed by atoms with Crippen LogP contribution in [-0.2, 0) is 15.4 Å². The molecule has 1 aromatic heterocycles. The van der Waals surface area contributed by atoms with Gasteiger partial charge in [0.1, 0.15) is 11.4 Å². The van der Waals surface area contributed by atoms with Crippen LogP contribution in [0.25, 0.3) is 28.2 Å². The van der Waals surface area contributed by atoms with Gasteiger partial charge in [-0.05, 0) is 73.9 Å². The molecule has 0 spiro atoms. The lowest BCUT2D eigenvalue weighted by Crippen LogP contribution is -2.15. The second-order valence-corrected chi connectivity index (χ2v) is 11.7. The molecule has 0 saturated heterocycles. The molecule has 5 nitrogen and oxygen atoms in total. The van der Waals surface area contributed by atoms with E-state index in [2.05, 4.69) is 4.98 Å². The Kier molecular flexibility index (Phi) is 6.38. The van der Waals surface area contributed by atoms with Crippen LogP contribution in [0.4, 0.5) is 0 Å². The average molecular weight is 515 g/mol. The van der Waals surface area contributed by atoms with Crippen molar-refractivity contribution in [3.8, 4) is 28.2 Å². The predicted octanol–water partition coefficient (Wildman–Crippen LogP) is 6.45. The molecule has 1 N–H and O–H groups in total. The summed E-state index contributed by atoms with van der Waals surface area (Å²) in [5.74, 6) is 0.510. The number of aromatic nitrogens is 2. The van der Waals surface area contributed by atoms with E-state index >= 15 is 0 Å². The quantitative estimate of drug-likeness (QED) is 0.332. The first-order chi connectivity index (χ1) is 15.8. The number of hydrogen-bond acceptors (Lipinski definition) is 4. The zero-order valence-corrected chi connectivity index (χ0v) is 21.5. The van der Waals surface area contributed by atoms with Gasteiger partial charge in [-0.2, -0.15) is 0 Å². The minimum atomic E-state index is -3.32. The fourth-order valence-corrected chi connectivity index (χ4v) is 5.01. The van der Waals surface area contributed by atoms with E-state index in [1.54, 1.807) is 50.4 Å². The van der Waals surface area contributed by atoms with E-state index in [0.29, 0.717) is 27.1 Å². The highest BCUT2D eigenvalue weighted by Crippen LogP contribution is 2.37. The van der Waals surface area contributed by atoms with Gasteiger partial charge in [-0.15, -0.1) is 0 Å². The van der Waals surface area contributed by atoms with E-state index in [0.717, 1.165) is 22.4 Å². The van der Waals surface area contributed by atoms with Gasteiger partial charge < -0.3 is 5.11 Å². The van der Waals surface area contributed by atoms with Crippen molar-refractivity contribution < 1.29 is 13.5 Å². The van der Waals surface area contributed by atoms with Crippen molar-refractivity contribution in [3.63, 3.8) is 0 Å². The molecule has 1 heterocycles. The summed E-state index contributed by atoms with van der Waals surface area (Å²) in [6.45, 7) is 5.20. The van der Waals surface area contributed by atoms with Gasteiger partial charge in [0.2, 0.25) is 0 Å². The zero-order valence-electron chi connectivity index (χ0n) is 19.2. The standard InChI is InChI=1S/C26H24Cl2N2O3S/c1-16-12-18(14-20(13-16)34(4,32)33)17-8-10-19(11-9-17)30-15-23(26(2,3)31)29-25(30)24-21(27)6-5-7-22(24)28/h5-15,31H,1-4H3. The lowest BCUT2D eigenvalue weighted by Gasteiger charge is -2.13. The van der Waals surface area contributed by atoms with E-state index in [-0.39, 0.29) is 4.90 Å². The third-order valence-corrected chi connectivity index (χ3v) is 7.20. The third-order valence-electron chi connectivity index (χ3n) is 5.48. The largest absolute Gasteiger partial charge is 0.384 e. The molecule has 0 fully saturated rings. The molecule has 0 unspecified atom stereocenters. The fraction of sp³-hybridized carbons (Fsp3) is 0.192. The highest BCUT2D eigenvalue weighted by molar-refractivity contribution is 7.90. The molecule has 3 aromatic carbocycles. The van der Waals surface area contributed by atoms with E-state index in [1.165, 1.54) is 6.26 Å². The summed E-state index contributed by atoms with van der Waals surface area (Å²) < 4.78 is 26.0. The molecule has 176 valence electrons. The first kappa shape index (κ1) is 24.5. The Morgan fingerprint density at radius 1 is 0.941 bits per heavy atom. The SMILES string of the molecule is Cc1cc(-c2ccc(-n3cc(C(C)(C)O)nc3-c3c(Cl)cccc3Cl)cc2)cc(S(C)(=O)=O)c1. The molecule has 0 amide bonds.